The monoisotopic (exact) mass is 276 g/mol. The molecule has 0 unspecified atom stereocenters. The summed E-state index contributed by atoms with van der Waals surface area (Å²) in [7, 11) is 0. The molecule has 0 radical (unpaired) electrons. The molecule has 0 atom stereocenters. The summed E-state index contributed by atoms with van der Waals surface area (Å²) in [5.41, 5.74) is 0.147. The molecule has 0 aliphatic rings. The summed E-state index contributed by atoms with van der Waals surface area (Å²) in [5.74, 6) is -0.120. The second-order valence-electron chi connectivity index (χ2n) is 3.62. The van der Waals surface area contributed by atoms with Crippen LogP contribution in [-0.4, -0.2) is 18.7 Å². The maximum absolute atomic E-state index is 11.7. The number of carbonyl (C=O) groups is 1. The highest BCUT2D eigenvalue weighted by molar-refractivity contribution is 6.40. The Morgan fingerprint density at radius 2 is 2.00 bits per heavy atom. The van der Waals surface area contributed by atoms with Gasteiger partial charge in [-0.05, 0) is 32.9 Å². The molecular formula is C12H14Cl2O3. The number of halogens is 2. The molecule has 0 aliphatic carbocycles. The number of ether oxygens (including phenoxy) is 2. The zero-order chi connectivity index (χ0) is 13.0. The second-order valence-corrected chi connectivity index (χ2v) is 4.41. The van der Waals surface area contributed by atoms with E-state index in [9.17, 15) is 4.79 Å². The van der Waals surface area contributed by atoms with Crippen molar-refractivity contribution in [2.75, 3.05) is 6.61 Å². The molecular weight excluding hydrogens is 263 g/mol. The minimum Gasteiger partial charge on any atom is -0.489 e. The average molecular weight is 277 g/mol. The quantitative estimate of drug-likeness (QED) is 0.781. The molecule has 0 bridgehead atoms. The molecule has 5 heteroatoms. The Kier molecular flexibility index (Phi) is 5.09. The van der Waals surface area contributed by atoms with Crippen molar-refractivity contribution in [2.24, 2.45) is 0 Å². The summed E-state index contributed by atoms with van der Waals surface area (Å²) in [4.78, 5) is 11.7. The van der Waals surface area contributed by atoms with Crippen LogP contribution in [-0.2, 0) is 4.74 Å². The Hall–Kier alpha value is -0.930. The zero-order valence-electron chi connectivity index (χ0n) is 9.92. The van der Waals surface area contributed by atoms with Crippen LogP contribution in [0, 0.1) is 0 Å². The highest BCUT2D eigenvalue weighted by Gasteiger charge is 2.20. The normalized spacial score (nSPS) is 10.5. The van der Waals surface area contributed by atoms with Gasteiger partial charge in [0, 0.05) is 0 Å². The molecule has 0 amide bonds. The lowest BCUT2D eigenvalue weighted by Crippen LogP contribution is -2.10. The fourth-order valence-corrected chi connectivity index (χ4v) is 1.84. The van der Waals surface area contributed by atoms with Crippen LogP contribution in [0.5, 0.6) is 5.75 Å². The van der Waals surface area contributed by atoms with Crippen LogP contribution in [0.3, 0.4) is 0 Å². The Morgan fingerprint density at radius 3 is 2.53 bits per heavy atom. The molecule has 0 spiro atoms. The van der Waals surface area contributed by atoms with Crippen LogP contribution in [0.2, 0.25) is 10.0 Å². The maximum Gasteiger partial charge on any atom is 0.341 e. The van der Waals surface area contributed by atoms with Crippen LogP contribution in [0.1, 0.15) is 31.1 Å². The first-order chi connectivity index (χ1) is 7.97. The van der Waals surface area contributed by atoms with Crippen LogP contribution < -0.4 is 4.74 Å². The van der Waals surface area contributed by atoms with Crippen molar-refractivity contribution in [3.8, 4) is 5.75 Å². The zero-order valence-corrected chi connectivity index (χ0v) is 11.4. The van der Waals surface area contributed by atoms with Gasteiger partial charge in [-0.1, -0.05) is 23.2 Å². The minimum atomic E-state index is -0.545. The summed E-state index contributed by atoms with van der Waals surface area (Å²) < 4.78 is 10.4. The molecule has 3 nitrogen and oxygen atoms in total. The Balaban J connectivity index is 3.15. The van der Waals surface area contributed by atoms with Gasteiger partial charge in [-0.3, -0.25) is 0 Å². The summed E-state index contributed by atoms with van der Waals surface area (Å²) >= 11 is 12.0. The molecule has 17 heavy (non-hydrogen) atoms. The van der Waals surface area contributed by atoms with E-state index in [0.717, 1.165) is 0 Å². The van der Waals surface area contributed by atoms with Gasteiger partial charge in [-0.25, -0.2) is 4.79 Å². The second kappa shape index (κ2) is 6.12. The minimum absolute atomic E-state index is 0.0382. The molecule has 0 heterocycles. The van der Waals surface area contributed by atoms with E-state index in [-0.39, 0.29) is 28.3 Å². The molecule has 94 valence electrons. The number of rotatable bonds is 4. The van der Waals surface area contributed by atoms with E-state index in [2.05, 4.69) is 0 Å². The Bertz CT molecular complexity index is 416. The molecule has 0 saturated heterocycles. The Morgan fingerprint density at radius 1 is 1.35 bits per heavy atom. The van der Waals surface area contributed by atoms with Crippen LogP contribution in [0.15, 0.2) is 12.1 Å². The first kappa shape index (κ1) is 14.1. The lowest BCUT2D eigenvalue weighted by Gasteiger charge is -2.14. The lowest BCUT2D eigenvalue weighted by molar-refractivity contribution is 0.0526. The van der Waals surface area contributed by atoms with Crippen LogP contribution in [0.25, 0.3) is 0 Å². The van der Waals surface area contributed by atoms with E-state index in [1.54, 1.807) is 19.1 Å². The summed E-state index contributed by atoms with van der Waals surface area (Å²) in [6.45, 7) is 5.72. The summed E-state index contributed by atoms with van der Waals surface area (Å²) in [6, 6.07) is 3.20. The van der Waals surface area contributed by atoms with Crippen molar-refractivity contribution in [3.63, 3.8) is 0 Å². The van der Waals surface area contributed by atoms with Crippen molar-refractivity contribution >= 4 is 29.2 Å². The third-order valence-electron chi connectivity index (χ3n) is 1.90. The van der Waals surface area contributed by atoms with Gasteiger partial charge in [0.1, 0.15) is 11.3 Å². The molecule has 0 N–H and O–H groups in total. The van der Waals surface area contributed by atoms with Gasteiger partial charge in [-0.2, -0.15) is 0 Å². The van der Waals surface area contributed by atoms with Crippen molar-refractivity contribution in [3.05, 3.63) is 27.7 Å². The highest BCUT2D eigenvalue weighted by Crippen LogP contribution is 2.34. The van der Waals surface area contributed by atoms with Gasteiger partial charge >= 0.3 is 5.97 Å². The fraction of sp³-hybridized carbons (Fsp3) is 0.417. The molecule has 1 aromatic carbocycles. The van der Waals surface area contributed by atoms with E-state index in [4.69, 9.17) is 32.7 Å². The van der Waals surface area contributed by atoms with E-state index in [1.165, 1.54) is 0 Å². The van der Waals surface area contributed by atoms with E-state index >= 15 is 0 Å². The molecule has 1 aromatic rings. The van der Waals surface area contributed by atoms with E-state index in [0.29, 0.717) is 5.75 Å². The number of hydrogen-bond acceptors (Lipinski definition) is 3. The Labute approximate surface area is 111 Å². The molecule has 0 aromatic heterocycles. The topological polar surface area (TPSA) is 35.5 Å². The lowest BCUT2D eigenvalue weighted by atomic mass is 10.2. The van der Waals surface area contributed by atoms with Crippen LogP contribution in [0.4, 0.5) is 0 Å². The van der Waals surface area contributed by atoms with E-state index in [1.807, 2.05) is 13.8 Å². The van der Waals surface area contributed by atoms with Crippen molar-refractivity contribution in [1.82, 2.24) is 0 Å². The third-order valence-corrected chi connectivity index (χ3v) is 2.59. The summed E-state index contributed by atoms with van der Waals surface area (Å²) in [5, 5.41) is 0.439. The van der Waals surface area contributed by atoms with Gasteiger partial charge < -0.3 is 9.47 Å². The van der Waals surface area contributed by atoms with Gasteiger partial charge in [-0.15, -0.1) is 0 Å². The van der Waals surface area contributed by atoms with Gasteiger partial charge in [0.15, 0.2) is 0 Å². The van der Waals surface area contributed by atoms with E-state index < -0.39 is 5.97 Å². The largest absolute Gasteiger partial charge is 0.489 e. The average Bonchev–Trinajstić information content (AvgIpc) is 2.22. The number of esters is 1. The fourth-order valence-electron chi connectivity index (χ4n) is 1.27. The predicted molar refractivity (Wildman–Crippen MR) is 68.2 cm³/mol. The first-order valence-electron chi connectivity index (χ1n) is 5.29. The first-order valence-corrected chi connectivity index (χ1v) is 6.04. The van der Waals surface area contributed by atoms with Gasteiger partial charge in [0.05, 0.1) is 22.8 Å². The maximum atomic E-state index is 11.7. The van der Waals surface area contributed by atoms with Crippen LogP contribution >= 0.6 is 23.2 Å². The van der Waals surface area contributed by atoms with Crippen molar-refractivity contribution in [2.45, 2.75) is 26.9 Å². The number of benzene rings is 1. The molecule has 0 saturated carbocycles. The molecule has 0 fully saturated rings. The van der Waals surface area contributed by atoms with Crippen molar-refractivity contribution in [1.29, 1.82) is 0 Å². The number of carbonyl (C=O) groups excluding carboxylic acids is 1. The standard InChI is InChI=1S/C12H14Cl2O3/c1-4-16-12(15)10-8(13)5-6-9(11(10)14)17-7(2)3/h5-7H,4H2,1-3H3. The third kappa shape index (κ3) is 3.51. The van der Waals surface area contributed by atoms with Gasteiger partial charge in [0.25, 0.3) is 0 Å². The predicted octanol–water partition coefficient (Wildman–Crippen LogP) is 3.96. The molecule has 1 rings (SSSR count). The highest BCUT2D eigenvalue weighted by atomic mass is 35.5. The summed E-state index contributed by atoms with van der Waals surface area (Å²) in [6.07, 6.45) is -0.0382. The van der Waals surface area contributed by atoms with Crippen molar-refractivity contribution < 1.29 is 14.3 Å². The number of hydrogen-bond donors (Lipinski definition) is 0. The molecule has 0 aliphatic heterocycles. The van der Waals surface area contributed by atoms with Gasteiger partial charge in [0.2, 0.25) is 0 Å². The SMILES string of the molecule is CCOC(=O)c1c(Cl)ccc(OC(C)C)c1Cl. The smallest absolute Gasteiger partial charge is 0.341 e.